The molecule has 0 radical (unpaired) electrons. The fraction of sp³-hybridized carbons (Fsp3) is 0.500. The third-order valence-electron chi connectivity index (χ3n) is 2.98. The van der Waals surface area contributed by atoms with Crippen molar-refractivity contribution in [2.24, 2.45) is 5.92 Å². The van der Waals surface area contributed by atoms with Crippen molar-refractivity contribution < 1.29 is 14.6 Å². The second-order valence-electron chi connectivity index (χ2n) is 4.70. The molecule has 2 N–H and O–H groups in total. The normalized spacial score (nSPS) is 14.7. The molecule has 0 saturated heterocycles. The standard InChI is InChI=1S/C14H19NO3/c16-14(17)13-3-1-2-12(8-13)9-15-6-7-18-10-11-4-5-11/h1-3,8,11,15H,4-7,9-10H2,(H,16,17). The van der Waals surface area contributed by atoms with Crippen LogP contribution in [-0.2, 0) is 11.3 Å². The molecule has 2 rings (SSSR count). The summed E-state index contributed by atoms with van der Waals surface area (Å²) in [4.78, 5) is 10.8. The summed E-state index contributed by atoms with van der Waals surface area (Å²) in [6.07, 6.45) is 2.63. The number of carboxylic acid groups (broad SMARTS) is 1. The third kappa shape index (κ3) is 4.47. The van der Waals surface area contributed by atoms with Gasteiger partial charge in [0.1, 0.15) is 0 Å². The quantitative estimate of drug-likeness (QED) is 0.691. The van der Waals surface area contributed by atoms with E-state index < -0.39 is 5.97 Å². The van der Waals surface area contributed by atoms with Crippen LogP contribution in [0.15, 0.2) is 24.3 Å². The van der Waals surface area contributed by atoms with Crippen LogP contribution in [0.25, 0.3) is 0 Å². The zero-order chi connectivity index (χ0) is 12.8. The van der Waals surface area contributed by atoms with E-state index >= 15 is 0 Å². The number of rotatable bonds is 8. The molecule has 1 fully saturated rings. The van der Waals surface area contributed by atoms with Crippen molar-refractivity contribution in [3.63, 3.8) is 0 Å². The average Bonchev–Trinajstić information content (AvgIpc) is 3.18. The van der Waals surface area contributed by atoms with Gasteiger partial charge in [-0.3, -0.25) is 0 Å². The van der Waals surface area contributed by atoms with Crippen LogP contribution < -0.4 is 5.32 Å². The van der Waals surface area contributed by atoms with Crippen LogP contribution in [0.5, 0.6) is 0 Å². The zero-order valence-electron chi connectivity index (χ0n) is 10.4. The number of carbonyl (C=O) groups is 1. The van der Waals surface area contributed by atoms with E-state index in [1.165, 1.54) is 12.8 Å². The molecule has 0 spiro atoms. The predicted octanol–water partition coefficient (Wildman–Crippen LogP) is 1.90. The summed E-state index contributed by atoms with van der Waals surface area (Å²) in [5.74, 6) is -0.0816. The maximum atomic E-state index is 10.8. The van der Waals surface area contributed by atoms with E-state index in [0.29, 0.717) is 12.1 Å². The molecular formula is C14H19NO3. The predicted molar refractivity (Wildman–Crippen MR) is 68.7 cm³/mol. The average molecular weight is 249 g/mol. The van der Waals surface area contributed by atoms with E-state index in [9.17, 15) is 4.79 Å². The summed E-state index contributed by atoms with van der Waals surface area (Å²) < 4.78 is 5.50. The molecule has 0 aliphatic heterocycles. The minimum absolute atomic E-state index is 0.333. The molecule has 0 unspecified atom stereocenters. The molecule has 0 bridgehead atoms. The van der Waals surface area contributed by atoms with Gasteiger partial charge in [0.25, 0.3) is 0 Å². The topological polar surface area (TPSA) is 58.6 Å². The van der Waals surface area contributed by atoms with Crippen LogP contribution in [0.1, 0.15) is 28.8 Å². The van der Waals surface area contributed by atoms with E-state index in [0.717, 1.165) is 31.2 Å². The summed E-state index contributed by atoms with van der Waals surface area (Å²) in [7, 11) is 0. The Morgan fingerprint density at radius 3 is 3.00 bits per heavy atom. The minimum atomic E-state index is -0.885. The van der Waals surface area contributed by atoms with Gasteiger partial charge in [0, 0.05) is 19.7 Å². The van der Waals surface area contributed by atoms with Gasteiger partial charge in [0.05, 0.1) is 12.2 Å². The maximum absolute atomic E-state index is 10.8. The Kier molecular flexibility index (Phi) is 4.73. The van der Waals surface area contributed by atoms with Gasteiger partial charge in [-0.25, -0.2) is 4.79 Å². The van der Waals surface area contributed by atoms with E-state index in [1.54, 1.807) is 18.2 Å². The molecule has 0 aromatic heterocycles. The molecule has 1 aliphatic carbocycles. The molecule has 0 atom stereocenters. The van der Waals surface area contributed by atoms with E-state index in [2.05, 4.69) is 5.32 Å². The number of hydrogen-bond acceptors (Lipinski definition) is 3. The Labute approximate surface area is 107 Å². The van der Waals surface area contributed by atoms with Crippen molar-refractivity contribution in [3.05, 3.63) is 35.4 Å². The maximum Gasteiger partial charge on any atom is 0.335 e. The summed E-state index contributed by atoms with van der Waals surface area (Å²) >= 11 is 0. The van der Waals surface area contributed by atoms with Gasteiger partial charge in [0.2, 0.25) is 0 Å². The molecule has 4 nitrogen and oxygen atoms in total. The minimum Gasteiger partial charge on any atom is -0.478 e. The van der Waals surface area contributed by atoms with Gasteiger partial charge in [-0.05, 0) is 36.5 Å². The molecular weight excluding hydrogens is 230 g/mol. The molecule has 1 saturated carbocycles. The molecule has 18 heavy (non-hydrogen) atoms. The summed E-state index contributed by atoms with van der Waals surface area (Å²) in [6.45, 7) is 3.07. The highest BCUT2D eigenvalue weighted by Crippen LogP contribution is 2.28. The Morgan fingerprint density at radius 2 is 2.28 bits per heavy atom. The highest BCUT2D eigenvalue weighted by molar-refractivity contribution is 5.87. The largest absolute Gasteiger partial charge is 0.478 e. The fourth-order valence-corrected chi connectivity index (χ4v) is 1.73. The first-order valence-corrected chi connectivity index (χ1v) is 6.36. The van der Waals surface area contributed by atoms with Crippen molar-refractivity contribution in [1.29, 1.82) is 0 Å². The lowest BCUT2D eigenvalue weighted by molar-refractivity contribution is 0.0696. The van der Waals surface area contributed by atoms with Crippen molar-refractivity contribution in [2.45, 2.75) is 19.4 Å². The van der Waals surface area contributed by atoms with Gasteiger partial charge in [-0.1, -0.05) is 12.1 Å². The number of hydrogen-bond donors (Lipinski definition) is 2. The van der Waals surface area contributed by atoms with Gasteiger partial charge >= 0.3 is 5.97 Å². The number of ether oxygens (including phenoxy) is 1. The Hall–Kier alpha value is -1.39. The van der Waals surface area contributed by atoms with Crippen LogP contribution in [0.3, 0.4) is 0 Å². The van der Waals surface area contributed by atoms with Crippen molar-refractivity contribution in [3.8, 4) is 0 Å². The highest BCUT2D eigenvalue weighted by Gasteiger charge is 2.20. The number of aromatic carboxylic acids is 1. The van der Waals surface area contributed by atoms with Crippen molar-refractivity contribution in [2.75, 3.05) is 19.8 Å². The first kappa shape index (κ1) is 13.1. The second-order valence-corrected chi connectivity index (χ2v) is 4.70. The lowest BCUT2D eigenvalue weighted by Crippen LogP contribution is -2.19. The fourth-order valence-electron chi connectivity index (χ4n) is 1.73. The molecule has 1 aliphatic rings. The van der Waals surface area contributed by atoms with Crippen LogP contribution in [-0.4, -0.2) is 30.8 Å². The van der Waals surface area contributed by atoms with Crippen LogP contribution in [0.2, 0.25) is 0 Å². The molecule has 1 aromatic carbocycles. The summed E-state index contributed by atoms with van der Waals surface area (Å²) in [6, 6.07) is 6.99. The van der Waals surface area contributed by atoms with Crippen LogP contribution in [0, 0.1) is 5.92 Å². The number of benzene rings is 1. The Morgan fingerprint density at radius 1 is 1.44 bits per heavy atom. The molecule has 0 amide bonds. The highest BCUT2D eigenvalue weighted by atomic mass is 16.5. The lowest BCUT2D eigenvalue weighted by atomic mass is 10.1. The number of carboxylic acids is 1. The first-order chi connectivity index (χ1) is 8.75. The summed E-state index contributed by atoms with van der Waals surface area (Å²) in [5, 5.41) is 12.1. The third-order valence-corrected chi connectivity index (χ3v) is 2.98. The van der Waals surface area contributed by atoms with Gasteiger partial charge < -0.3 is 15.2 Å². The Balaban J connectivity index is 1.62. The SMILES string of the molecule is O=C(O)c1cccc(CNCCOCC2CC2)c1. The zero-order valence-corrected chi connectivity index (χ0v) is 10.4. The Bertz CT molecular complexity index is 402. The molecule has 0 heterocycles. The second kappa shape index (κ2) is 6.52. The van der Waals surface area contributed by atoms with E-state index in [1.807, 2.05) is 6.07 Å². The monoisotopic (exact) mass is 249 g/mol. The lowest BCUT2D eigenvalue weighted by Gasteiger charge is -2.06. The number of nitrogens with one attached hydrogen (secondary N) is 1. The first-order valence-electron chi connectivity index (χ1n) is 6.36. The van der Waals surface area contributed by atoms with Gasteiger partial charge in [-0.15, -0.1) is 0 Å². The van der Waals surface area contributed by atoms with Gasteiger partial charge in [0.15, 0.2) is 0 Å². The van der Waals surface area contributed by atoms with Gasteiger partial charge in [-0.2, -0.15) is 0 Å². The smallest absolute Gasteiger partial charge is 0.335 e. The van der Waals surface area contributed by atoms with Crippen molar-refractivity contribution in [1.82, 2.24) is 5.32 Å². The van der Waals surface area contributed by atoms with Crippen LogP contribution >= 0.6 is 0 Å². The van der Waals surface area contributed by atoms with E-state index in [4.69, 9.17) is 9.84 Å². The summed E-state index contributed by atoms with van der Waals surface area (Å²) in [5.41, 5.74) is 1.32. The molecule has 98 valence electrons. The molecule has 1 aromatic rings. The van der Waals surface area contributed by atoms with Crippen LogP contribution in [0.4, 0.5) is 0 Å². The van der Waals surface area contributed by atoms with Crippen molar-refractivity contribution >= 4 is 5.97 Å². The van der Waals surface area contributed by atoms with E-state index in [-0.39, 0.29) is 0 Å². The molecule has 4 heteroatoms.